The molecule has 10 heteroatoms. The number of para-hydroxylation sites is 2. The molecule has 0 fully saturated rings. The fourth-order valence-electron chi connectivity index (χ4n) is 4.76. The lowest BCUT2D eigenvalue weighted by atomic mass is 10.1. The molecule has 1 aliphatic rings. The number of pyridine rings is 1. The zero-order chi connectivity index (χ0) is 31.4. The average Bonchev–Trinajstić information content (AvgIpc) is 3.63. The van der Waals surface area contributed by atoms with Gasteiger partial charge >= 0.3 is 1.43 Å². The van der Waals surface area contributed by atoms with Gasteiger partial charge in [0.05, 0.1) is 16.7 Å². The lowest BCUT2D eigenvalue weighted by Crippen LogP contribution is -2.29. The lowest BCUT2D eigenvalue weighted by Gasteiger charge is -2.14. The minimum absolute atomic E-state index is 0. The summed E-state index contributed by atoms with van der Waals surface area (Å²) in [5.41, 5.74) is 7.25. The Balaban J connectivity index is 0.000000229. The standard InChI is InChI=1S/C17H19N3.C17H10N2O3.CHN.ClH/c1-19(2)14-7-5-12-9-13-6-8-15(20(3)4)11-17(13)18-16(12)10-14;20-15-9-10-16(21)19(15)12-7-5-11(6-8-12)17-18-13-3-1-2-4-14(13)22-17;1-2;/h5-11H,1-4H3;1-10H;1H;1H/p+1. The summed E-state index contributed by atoms with van der Waals surface area (Å²) in [5.74, 6) is -0.163. The predicted octanol–water partition coefficient (Wildman–Crippen LogP) is 7.12. The molecule has 226 valence electrons. The van der Waals surface area contributed by atoms with Crippen LogP contribution >= 0.6 is 12.4 Å². The second kappa shape index (κ2) is 13.7. The molecule has 0 saturated heterocycles. The summed E-state index contributed by atoms with van der Waals surface area (Å²) in [6.45, 7) is 3.50. The van der Waals surface area contributed by atoms with Gasteiger partial charge in [0.25, 0.3) is 11.8 Å². The Morgan fingerprint density at radius 1 is 0.689 bits per heavy atom. The lowest BCUT2D eigenvalue weighted by molar-refractivity contribution is -0.119. The van der Waals surface area contributed by atoms with Gasteiger partial charge in [0.15, 0.2) is 5.58 Å². The molecule has 0 bridgehead atoms. The molecule has 6 aromatic rings. The van der Waals surface area contributed by atoms with Gasteiger partial charge in [0, 0.05) is 74.6 Å². The number of rotatable bonds is 4. The van der Waals surface area contributed by atoms with Gasteiger partial charge in [-0.1, -0.05) is 24.3 Å². The highest BCUT2D eigenvalue weighted by Crippen LogP contribution is 2.28. The highest BCUT2D eigenvalue weighted by molar-refractivity contribution is 6.28. The second-order valence-electron chi connectivity index (χ2n) is 10.4. The van der Waals surface area contributed by atoms with Crippen molar-refractivity contribution >= 4 is 74.2 Å². The van der Waals surface area contributed by atoms with Gasteiger partial charge in [-0.15, -0.1) is 12.4 Å². The van der Waals surface area contributed by atoms with Crippen molar-refractivity contribution in [3.63, 3.8) is 0 Å². The maximum Gasteiger partial charge on any atom is 1.00 e. The zero-order valence-corrected chi connectivity index (χ0v) is 26.0. The number of carbonyl (C=O) groups is 2. The van der Waals surface area contributed by atoms with Crippen molar-refractivity contribution in [1.29, 1.82) is 5.26 Å². The van der Waals surface area contributed by atoms with Gasteiger partial charge in [-0.3, -0.25) is 9.59 Å². The Hall–Kier alpha value is -5.72. The quantitative estimate of drug-likeness (QED) is 0.152. The molecule has 9 nitrogen and oxygen atoms in total. The third kappa shape index (κ3) is 6.77. The maximum absolute atomic E-state index is 11.6. The van der Waals surface area contributed by atoms with E-state index in [1.807, 2.05) is 52.5 Å². The summed E-state index contributed by atoms with van der Waals surface area (Å²) in [5, 5.41) is 8.86. The van der Waals surface area contributed by atoms with E-state index in [0.29, 0.717) is 11.6 Å². The number of nitriles is 1. The van der Waals surface area contributed by atoms with Gasteiger partial charge in [-0.25, -0.2) is 20.1 Å². The Kier molecular flexibility index (Phi) is 9.81. The van der Waals surface area contributed by atoms with E-state index in [1.165, 1.54) is 34.3 Å². The number of anilines is 3. The van der Waals surface area contributed by atoms with Crippen LogP contribution in [0.2, 0.25) is 0 Å². The second-order valence-corrected chi connectivity index (χ2v) is 10.4. The van der Waals surface area contributed by atoms with Gasteiger partial charge in [0.1, 0.15) is 5.52 Å². The largest absolute Gasteiger partial charge is 1.00 e. The SMILES string of the molecule is C#N.CN(C)c1ccc2cc3ccc(N(C)C)cc3nc2c1.Cl.O=C1C=CC(=O)N1c1ccc(-c2nc3ccccc3o2)cc1.[H+]. The van der Waals surface area contributed by atoms with Crippen LogP contribution in [0.3, 0.4) is 0 Å². The van der Waals surface area contributed by atoms with Crippen molar-refractivity contribution in [2.45, 2.75) is 0 Å². The first kappa shape index (κ1) is 32.2. The first-order chi connectivity index (χ1) is 21.3. The summed E-state index contributed by atoms with van der Waals surface area (Å²) in [6.07, 6.45) is 2.52. The summed E-state index contributed by atoms with van der Waals surface area (Å²) in [7, 11) is 8.19. The highest BCUT2D eigenvalue weighted by Gasteiger charge is 2.25. The third-order valence-electron chi connectivity index (χ3n) is 7.09. The highest BCUT2D eigenvalue weighted by atomic mass is 35.5. The van der Waals surface area contributed by atoms with E-state index in [-0.39, 0.29) is 25.6 Å². The number of benzene rings is 4. The fourth-order valence-corrected chi connectivity index (χ4v) is 4.76. The molecule has 0 unspecified atom stereocenters. The molecule has 7 rings (SSSR count). The van der Waals surface area contributed by atoms with Crippen molar-refractivity contribution in [3.8, 4) is 18.0 Å². The van der Waals surface area contributed by atoms with Crippen LogP contribution in [-0.4, -0.2) is 50.0 Å². The summed E-state index contributed by atoms with van der Waals surface area (Å²) in [4.78, 5) is 37.8. The molecular formula is C35H32ClN6O3+. The molecular weight excluding hydrogens is 588 g/mol. The molecule has 3 heterocycles. The summed E-state index contributed by atoms with van der Waals surface area (Å²) < 4.78 is 5.69. The molecule has 45 heavy (non-hydrogen) atoms. The summed E-state index contributed by atoms with van der Waals surface area (Å²) in [6, 6.07) is 29.5. The van der Waals surface area contributed by atoms with Gasteiger partial charge < -0.3 is 14.2 Å². The van der Waals surface area contributed by atoms with Gasteiger partial charge in [-0.2, -0.15) is 0 Å². The van der Waals surface area contributed by atoms with Crippen LogP contribution in [0, 0.1) is 11.8 Å². The minimum atomic E-state index is -0.334. The normalized spacial score (nSPS) is 11.9. The minimum Gasteiger partial charge on any atom is -0.436 e. The summed E-state index contributed by atoms with van der Waals surface area (Å²) >= 11 is 0. The molecule has 0 spiro atoms. The number of oxazole rings is 1. The smallest absolute Gasteiger partial charge is 0.436 e. The molecule has 0 radical (unpaired) electrons. The Labute approximate surface area is 268 Å². The Bertz CT molecular complexity index is 1940. The molecule has 0 aliphatic carbocycles. The average molecular weight is 620 g/mol. The first-order valence-corrected chi connectivity index (χ1v) is 13.7. The van der Waals surface area contributed by atoms with E-state index in [9.17, 15) is 9.59 Å². The molecule has 0 saturated carbocycles. The van der Waals surface area contributed by atoms with E-state index in [0.717, 1.165) is 32.6 Å². The third-order valence-corrected chi connectivity index (χ3v) is 7.09. The monoisotopic (exact) mass is 619 g/mol. The van der Waals surface area contributed by atoms with E-state index >= 15 is 0 Å². The van der Waals surface area contributed by atoms with E-state index < -0.39 is 0 Å². The van der Waals surface area contributed by atoms with E-state index in [2.05, 4.69) is 63.8 Å². The van der Waals surface area contributed by atoms with Crippen molar-refractivity contribution in [1.82, 2.24) is 9.97 Å². The number of fused-ring (bicyclic) bond motifs is 3. The molecule has 0 N–H and O–H groups in total. The molecule has 2 amide bonds. The number of amides is 2. The molecule has 2 aromatic heterocycles. The fraction of sp³-hybridized carbons (Fsp3) is 0.114. The topological polar surface area (TPSA) is 107 Å². The Morgan fingerprint density at radius 3 is 1.73 bits per heavy atom. The van der Waals surface area contributed by atoms with Crippen LogP contribution in [0.25, 0.3) is 44.4 Å². The van der Waals surface area contributed by atoms with Gasteiger partial charge in [-0.05, 0) is 66.7 Å². The van der Waals surface area contributed by atoms with Crippen molar-refractivity contribution in [2.75, 3.05) is 42.9 Å². The van der Waals surface area contributed by atoms with Crippen LogP contribution in [0.5, 0.6) is 0 Å². The van der Waals surface area contributed by atoms with Crippen molar-refractivity contribution in [3.05, 3.63) is 103 Å². The van der Waals surface area contributed by atoms with Crippen LogP contribution in [0.1, 0.15) is 1.43 Å². The first-order valence-electron chi connectivity index (χ1n) is 13.7. The van der Waals surface area contributed by atoms with Crippen molar-refractivity contribution < 1.29 is 15.4 Å². The number of aromatic nitrogens is 2. The zero-order valence-electron chi connectivity index (χ0n) is 26.2. The number of carbonyl (C=O) groups excluding carboxylic acids is 2. The molecule has 4 aromatic carbocycles. The van der Waals surface area contributed by atoms with E-state index in [1.54, 1.807) is 24.3 Å². The number of imide groups is 1. The van der Waals surface area contributed by atoms with Crippen LogP contribution in [0.4, 0.5) is 17.1 Å². The van der Waals surface area contributed by atoms with Crippen LogP contribution in [0.15, 0.2) is 108 Å². The number of nitrogens with zero attached hydrogens (tertiary/aromatic N) is 6. The van der Waals surface area contributed by atoms with Crippen LogP contribution < -0.4 is 14.7 Å². The molecule has 0 atom stereocenters. The number of hydrogen-bond acceptors (Lipinski definition) is 8. The predicted molar refractivity (Wildman–Crippen MR) is 184 cm³/mol. The maximum atomic E-state index is 11.6. The number of hydrogen-bond donors (Lipinski definition) is 0. The van der Waals surface area contributed by atoms with E-state index in [4.69, 9.17) is 14.7 Å². The van der Waals surface area contributed by atoms with Gasteiger partial charge in [0.2, 0.25) is 5.89 Å². The number of halogens is 1. The Morgan fingerprint density at radius 2 is 1.22 bits per heavy atom. The van der Waals surface area contributed by atoms with Crippen molar-refractivity contribution in [2.24, 2.45) is 0 Å². The molecule has 1 aliphatic heterocycles. The van der Waals surface area contributed by atoms with Crippen LogP contribution in [-0.2, 0) is 9.59 Å².